The molecule has 0 aliphatic carbocycles. The maximum absolute atomic E-state index is 11.3. The monoisotopic (exact) mass is 315 g/mol. The summed E-state index contributed by atoms with van der Waals surface area (Å²) in [5, 5.41) is 12.3. The molecule has 0 unspecified atom stereocenters. The van der Waals surface area contributed by atoms with E-state index in [9.17, 15) is 10.1 Å². The van der Waals surface area contributed by atoms with Crippen molar-refractivity contribution in [2.24, 2.45) is 0 Å². The Hall–Kier alpha value is -2.60. The first-order valence-corrected chi connectivity index (χ1v) is 7.34. The van der Waals surface area contributed by atoms with Crippen molar-refractivity contribution < 1.29 is 14.4 Å². The lowest BCUT2D eigenvalue weighted by Crippen LogP contribution is -1.92. The zero-order valence-corrected chi connectivity index (χ0v) is 12.8. The van der Waals surface area contributed by atoms with Crippen LogP contribution in [0, 0.1) is 10.1 Å². The first kappa shape index (κ1) is 14.3. The number of nitro groups is 1. The van der Waals surface area contributed by atoms with Crippen LogP contribution >= 0.6 is 11.3 Å². The van der Waals surface area contributed by atoms with E-state index in [1.807, 2.05) is 24.3 Å². The minimum atomic E-state index is -0.386. The second-order valence-electron chi connectivity index (χ2n) is 4.65. The van der Waals surface area contributed by atoms with Gasteiger partial charge in [0.1, 0.15) is 11.5 Å². The molecule has 112 valence electrons. The van der Waals surface area contributed by atoms with Crippen molar-refractivity contribution in [3.05, 3.63) is 52.6 Å². The topological polar surface area (TPSA) is 61.6 Å². The number of benzene rings is 2. The number of nitrogens with zero attached hydrogens (tertiary/aromatic N) is 1. The molecule has 0 saturated heterocycles. The average molecular weight is 315 g/mol. The predicted octanol–water partition coefficient (Wildman–Crippen LogP) is 4.49. The number of methoxy groups -OCH3 is 2. The summed E-state index contributed by atoms with van der Waals surface area (Å²) >= 11 is 1.50. The van der Waals surface area contributed by atoms with Gasteiger partial charge in [-0.1, -0.05) is 0 Å². The van der Waals surface area contributed by atoms with Gasteiger partial charge < -0.3 is 9.47 Å². The third-order valence-electron chi connectivity index (χ3n) is 3.39. The molecule has 5 nitrogen and oxygen atoms in total. The summed E-state index contributed by atoms with van der Waals surface area (Å²) in [7, 11) is 3.11. The van der Waals surface area contributed by atoms with Crippen molar-refractivity contribution in [1.29, 1.82) is 0 Å². The van der Waals surface area contributed by atoms with Crippen molar-refractivity contribution >= 4 is 27.1 Å². The molecule has 1 heterocycles. The van der Waals surface area contributed by atoms with Gasteiger partial charge in [0, 0.05) is 9.58 Å². The fraction of sp³-hybridized carbons (Fsp3) is 0.125. The largest absolute Gasteiger partial charge is 0.497 e. The van der Waals surface area contributed by atoms with Gasteiger partial charge in [-0.25, -0.2) is 0 Å². The highest BCUT2D eigenvalue weighted by molar-refractivity contribution is 7.22. The Bertz CT molecular complexity index is 856. The maximum Gasteiger partial charge on any atom is 0.281 e. The molecule has 0 bridgehead atoms. The Morgan fingerprint density at radius 3 is 2.36 bits per heavy atom. The summed E-state index contributed by atoms with van der Waals surface area (Å²) in [6.45, 7) is 0. The second kappa shape index (κ2) is 5.65. The van der Waals surface area contributed by atoms with Gasteiger partial charge in [0.05, 0.1) is 30.8 Å². The van der Waals surface area contributed by atoms with Crippen molar-refractivity contribution in [2.45, 2.75) is 0 Å². The quantitative estimate of drug-likeness (QED) is 0.525. The SMILES string of the molecule is COc1ccc(-c2cc3ccc(OC)cc3s2)c([N+](=O)[O-])c1. The molecule has 3 rings (SSSR count). The van der Waals surface area contributed by atoms with E-state index in [1.165, 1.54) is 24.5 Å². The zero-order chi connectivity index (χ0) is 15.7. The highest BCUT2D eigenvalue weighted by Gasteiger charge is 2.18. The molecule has 6 heteroatoms. The standard InChI is InChI=1S/C16H13NO4S/c1-20-11-5-6-13(14(8-11)17(18)19)16-7-10-3-4-12(21-2)9-15(10)22-16/h3-9H,1-2H3. The Balaban J connectivity index is 2.16. The minimum absolute atomic E-state index is 0.0397. The number of hydrogen-bond acceptors (Lipinski definition) is 5. The molecule has 0 saturated carbocycles. The van der Waals surface area contributed by atoms with E-state index in [-0.39, 0.29) is 10.6 Å². The molecule has 0 amide bonds. The lowest BCUT2D eigenvalue weighted by Gasteiger charge is -2.03. The summed E-state index contributed by atoms with van der Waals surface area (Å²) in [4.78, 5) is 11.8. The van der Waals surface area contributed by atoms with Gasteiger partial charge in [0.2, 0.25) is 0 Å². The molecule has 3 aromatic rings. The molecule has 0 N–H and O–H groups in total. The lowest BCUT2D eigenvalue weighted by molar-refractivity contribution is -0.384. The Morgan fingerprint density at radius 1 is 1.00 bits per heavy atom. The Morgan fingerprint density at radius 2 is 1.68 bits per heavy atom. The summed E-state index contributed by atoms with van der Waals surface area (Å²) in [5.41, 5.74) is 0.629. The molecule has 0 fully saturated rings. The van der Waals surface area contributed by atoms with Gasteiger partial charge in [-0.15, -0.1) is 11.3 Å². The van der Waals surface area contributed by atoms with Crippen LogP contribution < -0.4 is 9.47 Å². The van der Waals surface area contributed by atoms with Crippen molar-refractivity contribution in [3.63, 3.8) is 0 Å². The van der Waals surface area contributed by atoms with E-state index in [0.29, 0.717) is 11.3 Å². The van der Waals surface area contributed by atoms with E-state index in [2.05, 4.69) is 0 Å². The number of fused-ring (bicyclic) bond motifs is 1. The third-order valence-corrected chi connectivity index (χ3v) is 4.53. The van der Waals surface area contributed by atoms with E-state index < -0.39 is 0 Å². The average Bonchev–Trinajstić information content (AvgIpc) is 2.96. The molecular formula is C16H13NO4S. The fourth-order valence-corrected chi connectivity index (χ4v) is 3.39. The molecule has 22 heavy (non-hydrogen) atoms. The van der Waals surface area contributed by atoms with Crippen LogP contribution in [-0.4, -0.2) is 19.1 Å². The Labute approximate surface area is 130 Å². The highest BCUT2D eigenvalue weighted by atomic mass is 32.1. The smallest absolute Gasteiger partial charge is 0.281 e. The zero-order valence-electron chi connectivity index (χ0n) is 12.0. The molecule has 2 aromatic carbocycles. The van der Waals surface area contributed by atoms with Crippen molar-refractivity contribution in [2.75, 3.05) is 14.2 Å². The van der Waals surface area contributed by atoms with Gasteiger partial charge >= 0.3 is 0 Å². The van der Waals surface area contributed by atoms with Gasteiger partial charge in [0.15, 0.2) is 0 Å². The molecule has 0 atom stereocenters. The van der Waals surface area contributed by atoms with Gasteiger partial charge in [-0.3, -0.25) is 10.1 Å². The number of ether oxygens (including phenoxy) is 2. The van der Waals surface area contributed by atoms with Crippen LogP contribution in [0.3, 0.4) is 0 Å². The van der Waals surface area contributed by atoms with Gasteiger partial charge in [0.25, 0.3) is 5.69 Å². The molecule has 0 aliphatic heterocycles. The fourth-order valence-electron chi connectivity index (χ4n) is 2.27. The summed E-state index contributed by atoms with van der Waals surface area (Å²) in [5.74, 6) is 1.24. The Kier molecular flexibility index (Phi) is 3.68. The third kappa shape index (κ3) is 2.48. The first-order valence-electron chi connectivity index (χ1n) is 6.53. The number of thiophene rings is 1. The number of nitro benzene ring substituents is 1. The van der Waals surface area contributed by atoms with Crippen LogP contribution in [-0.2, 0) is 0 Å². The maximum atomic E-state index is 11.3. The van der Waals surface area contributed by atoms with Gasteiger partial charge in [-0.2, -0.15) is 0 Å². The normalized spacial score (nSPS) is 10.6. The second-order valence-corrected chi connectivity index (χ2v) is 5.74. The highest BCUT2D eigenvalue weighted by Crippen LogP contribution is 2.40. The van der Waals surface area contributed by atoms with E-state index in [4.69, 9.17) is 9.47 Å². The molecule has 0 aliphatic rings. The van der Waals surface area contributed by atoms with Crippen molar-refractivity contribution in [1.82, 2.24) is 0 Å². The summed E-state index contributed by atoms with van der Waals surface area (Å²) in [6, 6.07) is 12.6. The van der Waals surface area contributed by atoms with Crippen LogP contribution in [0.1, 0.15) is 0 Å². The van der Waals surface area contributed by atoms with E-state index in [1.54, 1.807) is 19.2 Å². The van der Waals surface area contributed by atoms with E-state index in [0.717, 1.165) is 20.7 Å². The molecular weight excluding hydrogens is 302 g/mol. The van der Waals surface area contributed by atoms with Crippen LogP contribution in [0.15, 0.2) is 42.5 Å². The molecule has 0 spiro atoms. The van der Waals surface area contributed by atoms with E-state index >= 15 is 0 Å². The minimum Gasteiger partial charge on any atom is -0.497 e. The summed E-state index contributed by atoms with van der Waals surface area (Å²) < 4.78 is 11.3. The first-order chi connectivity index (χ1) is 10.6. The predicted molar refractivity (Wildman–Crippen MR) is 87.0 cm³/mol. The van der Waals surface area contributed by atoms with Crippen LogP contribution in [0.25, 0.3) is 20.5 Å². The van der Waals surface area contributed by atoms with Crippen LogP contribution in [0.5, 0.6) is 11.5 Å². The van der Waals surface area contributed by atoms with Gasteiger partial charge in [-0.05, 0) is 41.8 Å². The van der Waals surface area contributed by atoms with Crippen molar-refractivity contribution in [3.8, 4) is 21.9 Å². The molecule has 1 aromatic heterocycles. The summed E-state index contributed by atoms with van der Waals surface area (Å²) in [6.07, 6.45) is 0. The molecule has 0 radical (unpaired) electrons. The van der Waals surface area contributed by atoms with Crippen LogP contribution in [0.4, 0.5) is 5.69 Å². The van der Waals surface area contributed by atoms with Crippen LogP contribution in [0.2, 0.25) is 0 Å². The number of rotatable bonds is 4. The number of hydrogen-bond donors (Lipinski definition) is 0. The lowest BCUT2D eigenvalue weighted by atomic mass is 10.1.